The molecule has 0 aromatic carbocycles. The second kappa shape index (κ2) is 6.87. The summed E-state index contributed by atoms with van der Waals surface area (Å²) in [7, 11) is 0. The van der Waals surface area contributed by atoms with Gasteiger partial charge in [0.05, 0.1) is 24.6 Å². The fraction of sp³-hybridized carbons (Fsp3) is 0.650. The number of nitrogens with zero attached hydrogens (tertiary/aromatic N) is 6. The molecule has 5 heterocycles. The van der Waals surface area contributed by atoms with Crippen LogP contribution in [-0.2, 0) is 24.2 Å². The van der Waals surface area contributed by atoms with Crippen LogP contribution in [0, 0.1) is 6.92 Å². The molecule has 144 valence electrons. The van der Waals surface area contributed by atoms with Gasteiger partial charge in [-0.1, -0.05) is 0 Å². The number of ether oxygens (including phenoxy) is 1. The zero-order chi connectivity index (χ0) is 18.4. The van der Waals surface area contributed by atoms with Crippen LogP contribution in [0.15, 0.2) is 12.4 Å². The van der Waals surface area contributed by atoms with Gasteiger partial charge < -0.3 is 9.64 Å². The van der Waals surface area contributed by atoms with Crippen LogP contribution in [0.2, 0.25) is 0 Å². The van der Waals surface area contributed by atoms with E-state index in [2.05, 4.69) is 41.1 Å². The maximum atomic E-state index is 5.46. The minimum atomic E-state index is 0.446. The maximum absolute atomic E-state index is 5.46. The first-order valence-electron chi connectivity index (χ1n) is 10.2. The molecule has 0 amide bonds. The van der Waals surface area contributed by atoms with Crippen LogP contribution in [0.4, 0.5) is 5.95 Å². The zero-order valence-electron chi connectivity index (χ0n) is 16.3. The van der Waals surface area contributed by atoms with Crippen molar-refractivity contribution in [2.75, 3.05) is 31.2 Å². The largest absolute Gasteiger partial charge is 0.378 e. The Kier molecular flexibility index (Phi) is 4.36. The predicted molar refractivity (Wildman–Crippen MR) is 103 cm³/mol. The van der Waals surface area contributed by atoms with Crippen molar-refractivity contribution in [3.63, 3.8) is 0 Å². The van der Waals surface area contributed by atoms with Gasteiger partial charge in [0.25, 0.3) is 0 Å². The second-order valence-electron chi connectivity index (χ2n) is 7.89. The topological polar surface area (TPSA) is 59.3 Å². The summed E-state index contributed by atoms with van der Waals surface area (Å²) < 4.78 is 7.50. The van der Waals surface area contributed by atoms with Crippen molar-refractivity contribution < 1.29 is 4.74 Å². The predicted octanol–water partition coefficient (Wildman–Crippen LogP) is 2.10. The third kappa shape index (κ3) is 3.02. The first kappa shape index (κ1) is 17.1. The molecule has 2 fully saturated rings. The highest BCUT2D eigenvalue weighted by Gasteiger charge is 2.41. The number of anilines is 1. The molecule has 7 heteroatoms. The van der Waals surface area contributed by atoms with Crippen LogP contribution in [0.25, 0.3) is 0 Å². The van der Waals surface area contributed by atoms with Crippen molar-refractivity contribution in [2.45, 2.75) is 58.3 Å². The maximum Gasteiger partial charge on any atom is 0.225 e. The van der Waals surface area contributed by atoms with Crippen molar-refractivity contribution >= 4 is 5.95 Å². The van der Waals surface area contributed by atoms with E-state index in [1.165, 1.54) is 29.7 Å². The molecular weight excluding hydrogens is 340 g/mol. The number of hydrogen-bond donors (Lipinski definition) is 0. The molecule has 2 aromatic rings. The van der Waals surface area contributed by atoms with E-state index in [0.717, 1.165) is 57.5 Å². The van der Waals surface area contributed by atoms with Crippen LogP contribution in [0.1, 0.15) is 48.3 Å². The van der Waals surface area contributed by atoms with Crippen molar-refractivity contribution in [3.05, 3.63) is 34.9 Å². The molecule has 2 bridgehead atoms. The number of aryl methyl sites for hydroxylation is 2. The molecule has 0 unspecified atom stereocenters. The lowest BCUT2D eigenvalue weighted by atomic mass is 9.98. The van der Waals surface area contributed by atoms with Gasteiger partial charge in [0.1, 0.15) is 0 Å². The van der Waals surface area contributed by atoms with Gasteiger partial charge in [-0.15, -0.1) is 0 Å². The smallest absolute Gasteiger partial charge is 0.225 e. The molecule has 0 N–H and O–H groups in total. The van der Waals surface area contributed by atoms with Gasteiger partial charge >= 0.3 is 0 Å². The molecule has 2 aromatic heterocycles. The lowest BCUT2D eigenvalue weighted by Gasteiger charge is -2.36. The quantitative estimate of drug-likeness (QED) is 0.824. The van der Waals surface area contributed by atoms with Crippen molar-refractivity contribution in [1.82, 2.24) is 24.6 Å². The normalized spacial score (nSPS) is 25.0. The Morgan fingerprint density at radius 2 is 2.07 bits per heavy atom. The monoisotopic (exact) mass is 368 g/mol. The molecule has 0 saturated carbocycles. The van der Waals surface area contributed by atoms with Gasteiger partial charge in [0.15, 0.2) is 0 Å². The highest BCUT2D eigenvalue weighted by molar-refractivity contribution is 5.37. The van der Waals surface area contributed by atoms with E-state index >= 15 is 0 Å². The summed E-state index contributed by atoms with van der Waals surface area (Å²) in [4.78, 5) is 14.6. The van der Waals surface area contributed by atoms with Crippen molar-refractivity contribution in [1.29, 1.82) is 0 Å². The fourth-order valence-corrected chi connectivity index (χ4v) is 4.80. The molecule has 0 spiro atoms. The first-order chi connectivity index (χ1) is 13.2. The Hall–Kier alpha value is -1.99. The molecule has 2 saturated heterocycles. The average molecular weight is 368 g/mol. The lowest BCUT2D eigenvalue weighted by Crippen LogP contribution is -2.40. The van der Waals surface area contributed by atoms with Gasteiger partial charge in [-0.05, 0) is 26.7 Å². The molecule has 2 atom stereocenters. The molecular formula is C20H28N6O. The number of hydrogen-bond acceptors (Lipinski definition) is 6. The van der Waals surface area contributed by atoms with Crippen LogP contribution < -0.4 is 4.90 Å². The molecule has 0 aliphatic carbocycles. The number of rotatable bonds is 4. The summed E-state index contributed by atoms with van der Waals surface area (Å²) >= 11 is 0. The van der Waals surface area contributed by atoms with Crippen LogP contribution in [0.5, 0.6) is 0 Å². The van der Waals surface area contributed by atoms with E-state index in [1.807, 2.05) is 4.68 Å². The van der Waals surface area contributed by atoms with E-state index < -0.39 is 0 Å². The van der Waals surface area contributed by atoms with Crippen molar-refractivity contribution in [2.24, 2.45) is 0 Å². The summed E-state index contributed by atoms with van der Waals surface area (Å²) in [5, 5.41) is 4.62. The molecule has 0 radical (unpaired) electrons. The standard InChI is InChI=1S/C20H28N6O/c1-3-25-12-15(14(2)23-25)13-26-16-4-5-19(26)17-11-21-20(22-18(17)10-16)24-6-8-27-9-7-24/h11-12,16,19H,3-10,13H2,1-2H3/t16-,19+/m0/s1. The third-order valence-electron chi connectivity index (χ3n) is 6.34. The molecule has 5 rings (SSSR count). The summed E-state index contributed by atoms with van der Waals surface area (Å²) in [5.74, 6) is 0.880. The van der Waals surface area contributed by atoms with Gasteiger partial charge in [-0.3, -0.25) is 9.58 Å². The molecule has 3 aliphatic heterocycles. The Morgan fingerprint density at radius 3 is 2.85 bits per heavy atom. The zero-order valence-corrected chi connectivity index (χ0v) is 16.3. The Balaban J connectivity index is 1.39. The summed E-state index contributed by atoms with van der Waals surface area (Å²) in [5.41, 5.74) is 5.10. The molecule has 27 heavy (non-hydrogen) atoms. The van der Waals surface area contributed by atoms with Crippen LogP contribution in [0.3, 0.4) is 0 Å². The van der Waals surface area contributed by atoms with E-state index in [9.17, 15) is 0 Å². The average Bonchev–Trinajstić information content (AvgIpc) is 3.20. The highest BCUT2D eigenvalue weighted by Crippen LogP contribution is 2.44. The first-order valence-corrected chi connectivity index (χ1v) is 10.2. The van der Waals surface area contributed by atoms with E-state index in [-0.39, 0.29) is 0 Å². The molecule has 3 aliphatic rings. The summed E-state index contributed by atoms with van der Waals surface area (Å²) in [6.45, 7) is 9.48. The minimum Gasteiger partial charge on any atom is -0.378 e. The Morgan fingerprint density at radius 1 is 1.22 bits per heavy atom. The Bertz CT molecular complexity index is 828. The summed E-state index contributed by atoms with van der Waals surface area (Å²) in [6.07, 6.45) is 7.79. The van der Waals surface area contributed by atoms with Gasteiger partial charge in [0, 0.05) is 68.2 Å². The highest BCUT2D eigenvalue weighted by atomic mass is 16.5. The third-order valence-corrected chi connectivity index (χ3v) is 6.34. The van der Waals surface area contributed by atoms with Crippen LogP contribution in [-0.4, -0.2) is 57.0 Å². The second-order valence-corrected chi connectivity index (χ2v) is 7.89. The van der Waals surface area contributed by atoms with E-state index in [4.69, 9.17) is 14.7 Å². The SMILES string of the molecule is CCn1cc(CN2[C@H]3CC[C@@H]2c2cnc(N4CCOCC4)nc2C3)c(C)n1. The van der Waals surface area contributed by atoms with Gasteiger partial charge in [-0.25, -0.2) is 9.97 Å². The van der Waals surface area contributed by atoms with Crippen LogP contribution >= 0.6 is 0 Å². The van der Waals surface area contributed by atoms with E-state index in [1.54, 1.807) is 0 Å². The molecule has 7 nitrogen and oxygen atoms in total. The Labute approximate surface area is 160 Å². The van der Waals surface area contributed by atoms with Crippen molar-refractivity contribution in [3.8, 4) is 0 Å². The number of aromatic nitrogens is 4. The lowest BCUT2D eigenvalue weighted by molar-refractivity contribution is 0.122. The number of fused-ring (bicyclic) bond motifs is 4. The summed E-state index contributed by atoms with van der Waals surface area (Å²) in [6, 6.07) is 1.03. The van der Waals surface area contributed by atoms with E-state index in [0.29, 0.717) is 12.1 Å². The fourth-order valence-electron chi connectivity index (χ4n) is 4.80. The van der Waals surface area contributed by atoms with Gasteiger partial charge in [-0.2, -0.15) is 5.10 Å². The minimum absolute atomic E-state index is 0.446. The van der Waals surface area contributed by atoms with Gasteiger partial charge in [0.2, 0.25) is 5.95 Å². The number of morpholine rings is 1.